The van der Waals surface area contributed by atoms with Crippen LogP contribution < -0.4 is 0 Å². The number of aldehydes is 1. The second-order valence-electron chi connectivity index (χ2n) is 4.44. The number of rotatable bonds is 7. The molecule has 3 unspecified atom stereocenters. The first kappa shape index (κ1) is 12.0. The fraction of sp³-hybridized carbons (Fsp3) is 0.917. The van der Waals surface area contributed by atoms with Crippen molar-refractivity contribution in [1.29, 1.82) is 0 Å². The van der Waals surface area contributed by atoms with Gasteiger partial charge in [0.2, 0.25) is 0 Å². The molecule has 0 bridgehead atoms. The average molecular weight is 228 g/mol. The van der Waals surface area contributed by atoms with E-state index in [1.807, 2.05) is 0 Å². The van der Waals surface area contributed by atoms with Crippen molar-refractivity contribution in [3.05, 3.63) is 0 Å². The Bertz CT molecular complexity index is 213. The molecule has 2 saturated heterocycles. The van der Waals surface area contributed by atoms with Gasteiger partial charge in [0.1, 0.15) is 6.10 Å². The van der Waals surface area contributed by atoms with Crippen molar-refractivity contribution in [3.63, 3.8) is 0 Å². The zero-order valence-corrected chi connectivity index (χ0v) is 9.60. The van der Waals surface area contributed by atoms with Gasteiger partial charge in [-0.3, -0.25) is 0 Å². The van der Waals surface area contributed by atoms with Gasteiger partial charge in [-0.2, -0.15) is 0 Å². The van der Waals surface area contributed by atoms with Gasteiger partial charge in [0.15, 0.2) is 12.6 Å². The van der Waals surface area contributed by atoms with Crippen LogP contribution >= 0.6 is 0 Å². The molecule has 0 amide bonds. The quantitative estimate of drug-likeness (QED) is 0.378. The lowest BCUT2D eigenvalue weighted by Gasteiger charge is -2.22. The molecule has 0 aromatic rings. The highest BCUT2D eigenvalue weighted by Gasteiger charge is 2.37. The molecule has 0 saturated carbocycles. The molecule has 0 aliphatic carbocycles. The minimum atomic E-state index is -0.123. The van der Waals surface area contributed by atoms with Crippen LogP contribution in [-0.2, 0) is 19.0 Å². The van der Waals surface area contributed by atoms with E-state index in [1.54, 1.807) is 0 Å². The highest BCUT2D eigenvalue weighted by molar-refractivity contribution is 5.60. The number of carbonyl (C=O) groups excluding carboxylic acids is 1. The predicted molar refractivity (Wildman–Crippen MR) is 58.1 cm³/mol. The second kappa shape index (κ2) is 6.33. The average Bonchev–Trinajstić information content (AvgIpc) is 3.09. The lowest BCUT2D eigenvalue weighted by Crippen LogP contribution is -2.22. The van der Waals surface area contributed by atoms with Crippen LogP contribution in [0.2, 0.25) is 0 Å². The molecular weight excluding hydrogens is 208 g/mol. The van der Waals surface area contributed by atoms with Crippen molar-refractivity contribution in [3.8, 4) is 0 Å². The molecule has 4 nitrogen and oxygen atoms in total. The van der Waals surface area contributed by atoms with Crippen LogP contribution in [0.15, 0.2) is 0 Å². The first-order valence-electron chi connectivity index (χ1n) is 6.24. The largest absolute Gasteiger partial charge is 0.362 e. The Morgan fingerprint density at radius 2 is 2.25 bits per heavy atom. The summed E-state index contributed by atoms with van der Waals surface area (Å²) in [6.45, 7) is 1.59. The molecule has 16 heavy (non-hydrogen) atoms. The maximum absolute atomic E-state index is 10.3. The van der Waals surface area contributed by atoms with Crippen molar-refractivity contribution >= 4 is 6.29 Å². The number of hydrogen-bond donors (Lipinski definition) is 0. The minimum absolute atomic E-state index is 0.0219. The first-order valence-corrected chi connectivity index (χ1v) is 6.24. The molecule has 0 N–H and O–H groups in total. The first-order chi connectivity index (χ1) is 7.90. The molecule has 2 heterocycles. The number of carbonyl (C=O) groups is 1. The highest BCUT2D eigenvalue weighted by Crippen LogP contribution is 2.25. The van der Waals surface area contributed by atoms with Crippen LogP contribution in [0.4, 0.5) is 0 Å². The third-order valence-electron chi connectivity index (χ3n) is 3.08. The standard InChI is InChI=1S/C12H20O4/c13-9-11-10(16-11)5-1-3-7-14-12-6-2-4-8-15-12/h9-12H,1-8H2. The van der Waals surface area contributed by atoms with E-state index in [2.05, 4.69) is 0 Å². The van der Waals surface area contributed by atoms with E-state index in [4.69, 9.17) is 14.2 Å². The van der Waals surface area contributed by atoms with Gasteiger partial charge in [-0.05, 0) is 38.5 Å². The van der Waals surface area contributed by atoms with Crippen molar-refractivity contribution in [1.82, 2.24) is 0 Å². The molecule has 2 aliphatic heterocycles. The van der Waals surface area contributed by atoms with Gasteiger partial charge in [0.05, 0.1) is 6.10 Å². The molecule has 2 aliphatic rings. The smallest absolute Gasteiger partial charge is 0.157 e. The van der Waals surface area contributed by atoms with E-state index in [1.165, 1.54) is 6.42 Å². The zero-order chi connectivity index (χ0) is 11.2. The monoisotopic (exact) mass is 228 g/mol. The molecule has 0 spiro atoms. The maximum atomic E-state index is 10.3. The summed E-state index contributed by atoms with van der Waals surface area (Å²) in [4.78, 5) is 10.3. The van der Waals surface area contributed by atoms with E-state index in [-0.39, 0.29) is 18.5 Å². The lowest BCUT2D eigenvalue weighted by atomic mass is 10.1. The van der Waals surface area contributed by atoms with Crippen LogP contribution in [0.25, 0.3) is 0 Å². The molecule has 2 rings (SSSR count). The summed E-state index contributed by atoms with van der Waals surface area (Å²) >= 11 is 0. The Balaban J connectivity index is 1.41. The lowest BCUT2D eigenvalue weighted by molar-refractivity contribution is -0.162. The molecule has 4 heteroatoms. The molecule has 3 atom stereocenters. The predicted octanol–water partition coefficient (Wildman–Crippen LogP) is 1.67. The Morgan fingerprint density at radius 1 is 1.31 bits per heavy atom. The van der Waals surface area contributed by atoms with Gasteiger partial charge in [-0.1, -0.05) is 0 Å². The van der Waals surface area contributed by atoms with Crippen LogP contribution in [0.5, 0.6) is 0 Å². The highest BCUT2D eigenvalue weighted by atomic mass is 16.7. The number of ether oxygens (including phenoxy) is 3. The van der Waals surface area contributed by atoms with Crippen LogP contribution in [0.1, 0.15) is 38.5 Å². The zero-order valence-electron chi connectivity index (χ0n) is 9.60. The van der Waals surface area contributed by atoms with Gasteiger partial charge < -0.3 is 19.0 Å². The Hall–Kier alpha value is -0.450. The summed E-state index contributed by atoms with van der Waals surface area (Å²) in [5.74, 6) is 0. The van der Waals surface area contributed by atoms with E-state index >= 15 is 0 Å². The fourth-order valence-electron chi connectivity index (χ4n) is 2.01. The van der Waals surface area contributed by atoms with E-state index in [9.17, 15) is 4.79 Å². The summed E-state index contributed by atoms with van der Waals surface area (Å²) in [6, 6.07) is 0. The third-order valence-corrected chi connectivity index (χ3v) is 3.08. The molecular formula is C12H20O4. The maximum Gasteiger partial charge on any atom is 0.157 e. The molecule has 0 aromatic carbocycles. The summed E-state index contributed by atoms with van der Waals surface area (Å²) in [5, 5.41) is 0. The summed E-state index contributed by atoms with van der Waals surface area (Å²) in [7, 11) is 0. The molecule has 0 aromatic heterocycles. The van der Waals surface area contributed by atoms with E-state index < -0.39 is 0 Å². The van der Waals surface area contributed by atoms with Crippen molar-refractivity contribution in [2.24, 2.45) is 0 Å². The number of hydrogen-bond acceptors (Lipinski definition) is 4. The van der Waals surface area contributed by atoms with Crippen LogP contribution in [-0.4, -0.2) is 38.0 Å². The summed E-state index contributed by atoms with van der Waals surface area (Å²) < 4.78 is 16.2. The number of unbranched alkanes of at least 4 members (excludes halogenated alkanes) is 1. The van der Waals surface area contributed by atoms with Gasteiger partial charge in [0.25, 0.3) is 0 Å². The Labute approximate surface area is 96.2 Å². The van der Waals surface area contributed by atoms with Crippen molar-refractivity contribution < 1.29 is 19.0 Å². The normalized spacial score (nSPS) is 33.6. The Kier molecular flexibility index (Phi) is 4.75. The fourth-order valence-corrected chi connectivity index (χ4v) is 2.01. The Morgan fingerprint density at radius 3 is 2.94 bits per heavy atom. The number of epoxide rings is 1. The van der Waals surface area contributed by atoms with Gasteiger partial charge >= 0.3 is 0 Å². The third kappa shape index (κ3) is 3.85. The topological polar surface area (TPSA) is 48.1 Å². The van der Waals surface area contributed by atoms with E-state index in [0.717, 1.165) is 51.6 Å². The van der Waals surface area contributed by atoms with Crippen molar-refractivity contribution in [2.75, 3.05) is 13.2 Å². The van der Waals surface area contributed by atoms with Gasteiger partial charge in [-0.15, -0.1) is 0 Å². The van der Waals surface area contributed by atoms with Crippen LogP contribution in [0.3, 0.4) is 0 Å². The van der Waals surface area contributed by atoms with Crippen molar-refractivity contribution in [2.45, 2.75) is 57.0 Å². The van der Waals surface area contributed by atoms with E-state index in [0.29, 0.717) is 0 Å². The summed E-state index contributed by atoms with van der Waals surface area (Å²) in [5.41, 5.74) is 0. The molecule has 92 valence electrons. The second-order valence-corrected chi connectivity index (χ2v) is 4.44. The minimum Gasteiger partial charge on any atom is -0.362 e. The van der Waals surface area contributed by atoms with Crippen LogP contribution in [0, 0.1) is 0 Å². The summed E-state index contributed by atoms with van der Waals surface area (Å²) in [6.07, 6.45) is 7.41. The SMILES string of the molecule is O=CC1OC1CCCCOC1CCCCO1. The molecule has 2 fully saturated rings. The van der Waals surface area contributed by atoms with Gasteiger partial charge in [0, 0.05) is 13.2 Å². The molecule has 0 radical (unpaired) electrons. The van der Waals surface area contributed by atoms with Gasteiger partial charge in [-0.25, -0.2) is 0 Å².